The molecule has 1 aromatic carbocycles. The first kappa shape index (κ1) is 14.6. The van der Waals surface area contributed by atoms with Gasteiger partial charge in [-0.3, -0.25) is 0 Å². The van der Waals surface area contributed by atoms with E-state index in [1.807, 2.05) is 6.07 Å². The molecule has 102 valence electrons. The van der Waals surface area contributed by atoms with Gasteiger partial charge in [-0.05, 0) is 18.6 Å². The second kappa shape index (κ2) is 6.12. The van der Waals surface area contributed by atoms with Gasteiger partial charge in [-0.25, -0.2) is 9.97 Å². The summed E-state index contributed by atoms with van der Waals surface area (Å²) in [6, 6.07) is 5.43. The minimum Gasteiger partial charge on any atom is -0.369 e. The maximum atomic E-state index is 5.87. The van der Waals surface area contributed by atoms with Crippen LogP contribution in [0.3, 0.4) is 0 Å². The summed E-state index contributed by atoms with van der Waals surface area (Å²) < 4.78 is -1.44. The summed E-state index contributed by atoms with van der Waals surface area (Å²) in [5, 5.41) is 4.22. The lowest BCUT2D eigenvalue weighted by Crippen LogP contribution is -2.05. The maximum Gasteiger partial charge on any atom is 0.216 e. The van der Waals surface area contributed by atoms with Crippen molar-refractivity contribution in [3.05, 3.63) is 30.1 Å². The van der Waals surface area contributed by atoms with E-state index in [0.29, 0.717) is 5.56 Å². The van der Waals surface area contributed by atoms with Crippen molar-refractivity contribution < 1.29 is 0 Å². The largest absolute Gasteiger partial charge is 0.369 e. The van der Waals surface area contributed by atoms with Crippen molar-refractivity contribution in [3.63, 3.8) is 0 Å². The number of rotatable bonds is 4. The van der Waals surface area contributed by atoms with E-state index >= 15 is 0 Å². The molecule has 19 heavy (non-hydrogen) atoms. The number of nitrogens with one attached hydrogen (secondary N) is 1. The number of hydrogen-bond acceptors (Lipinski definition) is 3. The molecule has 0 fully saturated rings. The van der Waals surface area contributed by atoms with Crippen LogP contribution in [0.25, 0.3) is 10.9 Å². The van der Waals surface area contributed by atoms with Crippen LogP contribution in [0.2, 0.25) is 0 Å². The number of benzene rings is 1. The molecule has 0 atom stereocenters. The number of halogens is 3. The Morgan fingerprint density at radius 2 is 2.00 bits per heavy atom. The zero-order valence-electron chi connectivity index (χ0n) is 10.5. The fourth-order valence-electron chi connectivity index (χ4n) is 1.76. The minimum atomic E-state index is -1.44. The molecular weight excluding hydrogens is 305 g/mol. The first-order valence-electron chi connectivity index (χ1n) is 6.08. The number of anilines is 1. The molecule has 1 heterocycles. The summed E-state index contributed by atoms with van der Waals surface area (Å²) in [5.74, 6) is 0.814. The Hall–Kier alpha value is -0.770. The predicted octanol–water partition coefficient (Wildman–Crippen LogP) is 4.67. The summed E-state index contributed by atoms with van der Waals surface area (Å²) in [4.78, 5) is 8.47. The van der Waals surface area contributed by atoms with Crippen molar-refractivity contribution in [2.24, 2.45) is 0 Å². The second-order valence-corrected chi connectivity index (χ2v) is 6.51. The van der Waals surface area contributed by atoms with Crippen LogP contribution >= 0.6 is 34.8 Å². The van der Waals surface area contributed by atoms with Crippen molar-refractivity contribution in [1.82, 2.24) is 9.97 Å². The highest BCUT2D eigenvalue weighted by Gasteiger charge is 2.23. The Bertz CT molecular complexity index is 567. The van der Waals surface area contributed by atoms with E-state index in [-0.39, 0.29) is 0 Å². The Morgan fingerprint density at radius 3 is 2.68 bits per heavy atom. The molecule has 0 aliphatic carbocycles. The highest BCUT2D eigenvalue weighted by Crippen LogP contribution is 2.39. The SMILES string of the molecule is CCCCNc1ncnc2cc(C(Cl)(Cl)Cl)ccc12. The van der Waals surface area contributed by atoms with Crippen molar-refractivity contribution in [2.45, 2.75) is 23.6 Å². The van der Waals surface area contributed by atoms with Crippen LogP contribution in [-0.2, 0) is 3.79 Å². The van der Waals surface area contributed by atoms with Gasteiger partial charge >= 0.3 is 0 Å². The van der Waals surface area contributed by atoms with Crippen LogP contribution in [0, 0.1) is 0 Å². The lowest BCUT2D eigenvalue weighted by Gasteiger charge is -2.13. The second-order valence-electron chi connectivity index (χ2n) is 4.23. The molecule has 0 bridgehead atoms. The molecular formula is C13H14Cl3N3. The Morgan fingerprint density at radius 1 is 1.21 bits per heavy atom. The van der Waals surface area contributed by atoms with E-state index in [1.54, 1.807) is 12.1 Å². The van der Waals surface area contributed by atoms with Gasteiger partial charge in [0.25, 0.3) is 0 Å². The van der Waals surface area contributed by atoms with Crippen LogP contribution in [-0.4, -0.2) is 16.5 Å². The summed E-state index contributed by atoms with van der Waals surface area (Å²) in [6.45, 7) is 3.03. The van der Waals surface area contributed by atoms with Gasteiger partial charge in [0.1, 0.15) is 12.1 Å². The molecule has 2 rings (SSSR count). The molecule has 0 aliphatic rings. The topological polar surface area (TPSA) is 37.8 Å². The number of fused-ring (bicyclic) bond motifs is 1. The zero-order valence-corrected chi connectivity index (χ0v) is 12.7. The number of alkyl halides is 3. The molecule has 0 saturated heterocycles. The van der Waals surface area contributed by atoms with Gasteiger partial charge in [-0.15, -0.1) is 0 Å². The average molecular weight is 319 g/mol. The minimum absolute atomic E-state index is 0.600. The lowest BCUT2D eigenvalue weighted by molar-refractivity contribution is 0.831. The van der Waals surface area contributed by atoms with Crippen LogP contribution < -0.4 is 5.32 Å². The third-order valence-corrected chi connectivity index (χ3v) is 3.44. The monoisotopic (exact) mass is 317 g/mol. The number of unbranched alkanes of at least 4 members (excludes halogenated alkanes) is 1. The van der Waals surface area contributed by atoms with E-state index in [0.717, 1.165) is 36.1 Å². The molecule has 0 radical (unpaired) electrons. The van der Waals surface area contributed by atoms with Gasteiger partial charge in [0, 0.05) is 17.5 Å². The van der Waals surface area contributed by atoms with E-state index < -0.39 is 3.79 Å². The van der Waals surface area contributed by atoms with Crippen molar-refractivity contribution in [3.8, 4) is 0 Å². The molecule has 0 saturated carbocycles. The zero-order chi connectivity index (χ0) is 13.9. The van der Waals surface area contributed by atoms with Gasteiger partial charge in [-0.2, -0.15) is 0 Å². The van der Waals surface area contributed by atoms with Gasteiger partial charge in [-0.1, -0.05) is 54.2 Å². The van der Waals surface area contributed by atoms with Crippen LogP contribution in [0.4, 0.5) is 5.82 Å². The number of aromatic nitrogens is 2. The van der Waals surface area contributed by atoms with E-state index in [9.17, 15) is 0 Å². The average Bonchev–Trinajstić information content (AvgIpc) is 2.37. The molecule has 0 aliphatic heterocycles. The van der Waals surface area contributed by atoms with Gasteiger partial charge in [0.2, 0.25) is 3.79 Å². The Balaban J connectivity index is 2.35. The molecule has 0 amide bonds. The van der Waals surface area contributed by atoms with E-state index in [2.05, 4.69) is 22.2 Å². The van der Waals surface area contributed by atoms with Crippen molar-refractivity contribution in [1.29, 1.82) is 0 Å². The maximum absolute atomic E-state index is 5.87. The van der Waals surface area contributed by atoms with Crippen LogP contribution in [0.15, 0.2) is 24.5 Å². The quantitative estimate of drug-likeness (QED) is 0.657. The molecule has 2 aromatic rings. The van der Waals surface area contributed by atoms with E-state index in [1.165, 1.54) is 6.33 Å². The fourth-order valence-corrected chi connectivity index (χ4v) is 2.11. The summed E-state index contributed by atoms with van der Waals surface area (Å²) >= 11 is 17.6. The van der Waals surface area contributed by atoms with Gasteiger partial charge in [0.05, 0.1) is 5.52 Å². The number of nitrogens with zero attached hydrogens (tertiary/aromatic N) is 2. The molecule has 3 nitrogen and oxygen atoms in total. The first-order chi connectivity index (χ1) is 9.02. The van der Waals surface area contributed by atoms with Crippen LogP contribution in [0.5, 0.6) is 0 Å². The Labute approximate surface area is 127 Å². The summed E-state index contributed by atoms with van der Waals surface area (Å²) in [7, 11) is 0. The smallest absolute Gasteiger partial charge is 0.216 e. The molecule has 1 aromatic heterocycles. The fraction of sp³-hybridized carbons (Fsp3) is 0.385. The lowest BCUT2D eigenvalue weighted by atomic mass is 10.1. The first-order valence-corrected chi connectivity index (χ1v) is 7.21. The molecule has 6 heteroatoms. The third-order valence-electron chi connectivity index (χ3n) is 2.79. The van der Waals surface area contributed by atoms with Gasteiger partial charge < -0.3 is 5.32 Å². The van der Waals surface area contributed by atoms with Gasteiger partial charge in [0.15, 0.2) is 0 Å². The highest BCUT2D eigenvalue weighted by atomic mass is 35.6. The van der Waals surface area contributed by atoms with Crippen molar-refractivity contribution in [2.75, 3.05) is 11.9 Å². The Kier molecular flexibility index (Phi) is 4.71. The standard InChI is InChI=1S/C13H14Cl3N3/c1-2-3-6-17-12-10-5-4-9(13(14,15)16)7-11(10)18-8-19-12/h4-5,7-8H,2-3,6H2,1H3,(H,17,18,19). The highest BCUT2D eigenvalue weighted by molar-refractivity contribution is 6.66. The normalized spacial score (nSPS) is 11.8. The summed E-state index contributed by atoms with van der Waals surface area (Å²) in [5.41, 5.74) is 1.36. The van der Waals surface area contributed by atoms with E-state index in [4.69, 9.17) is 34.8 Å². The van der Waals surface area contributed by atoms with Crippen molar-refractivity contribution >= 4 is 51.5 Å². The predicted molar refractivity (Wildman–Crippen MR) is 82.2 cm³/mol. The molecule has 0 spiro atoms. The molecule has 0 unspecified atom stereocenters. The number of hydrogen-bond donors (Lipinski definition) is 1. The van der Waals surface area contributed by atoms with Crippen LogP contribution in [0.1, 0.15) is 25.3 Å². The third kappa shape index (κ3) is 3.62. The molecule has 1 N–H and O–H groups in total. The summed E-state index contributed by atoms with van der Waals surface area (Å²) in [6.07, 6.45) is 3.74.